The van der Waals surface area contributed by atoms with Crippen molar-refractivity contribution in [3.05, 3.63) is 53.4 Å². The van der Waals surface area contributed by atoms with Crippen LogP contribution in [0.4, 0.5) is 0 Å². The van der Waals surface area contributed by atoms with Crippen LogP contribution in [0.5, 0.6) is 0 Å². The SMILES string of the molecule is CN(C)C([S-])=NN=C(N)C1CC=CC[N-]1.C[NH+](C)Cc1[c-]cccc1.[Au+]. The minimum absolute atomic E-state index is 0. The Hall–Kier alpha value is -1.22. The average Bonchev–Trinajstić information content (AvgIpc) is 2.61. The van der Waals surface area contributed by atoms with Crippen molar-refractivity contribution in [1.29, 1.82) is 0 Å². The fraction of sp³-hybridized carbons (Fsp3) is 0.444. The van der Waals surface area contributed by atoms with E-state index in [2.05, 4.69) is 47.8 Å². The third kappa shape index (κ3) is 10.7. The second-order valence-corrected chi connectivity index (χ2v) is 6.53. The molecule has 8 heteroatoms. The van der Waals surface area contributed by atoms with Crippen LogP contribution >= 0.6 is 0 Å². The Morgan fingerprint density at radius 3 is 2.58 bits per heavy atom. The third-order valence-corrected chi connectivity index (χ3v) is 3.70. The van der Waals surface area contributed by atoms with Crippen LogP contribution < -0.4 is 10.6 Å². The first-order valence-electron chi connectivity index (χ1n) is 8.21. The minimum atomic E-state index is -0.0521. The van der Waals surface area contributed by atoms with Gasteiger partial charge >= 0.3 is 22.4 Å². The van der Waals surface area contributed by atoms with Crippen LogP contribution in [-0.4, -0.2) is 56.7 Å². The summed E-state index contributed by atoms with van der Waals surface area (Å²) in [7, 11) is 7.90. The van der Waals surface area contributed by atoms with E-state index in [1.165, 1.54) is 10.5 Å². The zero-order chi connectivity index (χ0) is 18.7. The van der Waals surface area contributed by atoms with E-state index in [4.69, 9.17) is 18.4 Å². The van der Waals surface area contributed by atoms with Gasteiger partial charge in [0, 0.05) is 19.3 Å². The Balaban J connectivity index is 0.000000497. The van der Waals surface area contributed by atoms with Crippen molar-refractivity contribution in [2.45, 2.75) is 19.0 Å². The molecule has 0 aromatic heterocycles. The molecule has 26 heavy (non-hydrogen) atoms. The molecule has 3 N–H and O–H groups in total. The molecule has 0 bridgehead atoms. The van der Waals surface area contributed by atoms with E-state index in [0.29, 0.717) is 17.5 Å². The molecule has 2 rings (SSSR count). The summed E-state index contributed by atoms with van der Waals surface area (Å²) in [6.07, 6.45) is 4.84. The van der Waals surface area contributed by atoms with Crippen molar-refractivity contribution in [2.24, 2.45) is 15.9 Å². The van der Waals surface area contributed by atoms with E-state index in [1.54, 1.807) is 4.90 Å². The summed E-state index contributed by atoms with van der Waals surface area (Å²) in [5.41, 5.74) is 7.03. The number of rotatable bonds is 4. The van der Waals surface area contributed by atoms with Gasteiger partial charge in [-0.2, -0.15) is 35.4 Å². The summed E-state index contributed by atoms with van der Waals surface area (Å²) in [4.78, 5) is 3.13. The number of quaternary nitrogens is 1. The van der Waals surface area contributed by atoms with Crippen LogP contribution in [0, 0.1) is 6.07 Å². The van der Waals surface area contributed by atoms with Crippen LogP contribution in [0.1, 0.15) is 12.0 Å². The number of nitrogens with one attached hydrogen (secondary N) is 1. The van der Waals surface area contributed by atoms with E-state index in [-0.39, 0.29) is 28.4 Å². The number of amidine groups is 2. The Labute approximate surface area is 178 Å². The molecule has 0 saturated heterocycles. The van der Waals surface area contributed by atoms with Crippen molar-refractivity contribution < 1.29 is 27.3 Å². The molecule has 1 aliphatic rings. The second kappa shape index (κ2) is 13.9. The van der Waals surface area contributed by atoms with Gasteiger partial charge in [-0.1, -0.05) is 12.1 Å². The predicted molar refractivity (Wildman–Crippen MR) is 108 cm³/mol. The maximum atomic E-state index is 5.75. The molecule has 1 atom stereocenters. The van der Waals surface area contributed by atoms with Gasteiger partial charge in [-0.05, 0) is 6.42 Å². The molecule has 0 radical (unpaired) electrons. The van der Waals surface area contributed by atoms with Crippen molar-refractivity contribution in [3.8, 4) is 0 Å². The zero-order valence-corrected chi connectivity index (χ0v) is 18.7. The molecule has 6 nitrogen and oxygen atoms in total. The van der Waals surface area contributed by atoms with Crippen LogP contribution in [0.2, 0.25) is 0 Å². The normalized spacial score (nSPS) is 17.2. The number of hydrogen-bond donors (Lipinski definition) is 2. The van der Waals surface area contributed by atoms with E-state index < -0.39 is 0 Å². The number of benzene rings is 1. The Kier molecular flexibility index (Phi) is 13.3. The number of nitrogens with zero attached hydrogens (tertiary/aromatic N) is 4. The summed E-state index contributed by atoms with van der Waals surface area (Å²) < 4.78 is 0. The smallest absolute Gasteiger partial charge is 0.741 e. The topological polar surface area (TPSA) is 72.5 Å². The van der Waals surface area contributed by atoms with Gasteiger partial charge in [0.05, 0.1) is 20.6 Å². The standard InChI is InChI=1S/C9H16N5S.C9H12N.Au/c1-14(2)9(15)13-12-8(10)7-5-3-4-6-11-7;1-10(2)8-9-6-4-3-5-7-9;/h3-4,7H,5-6H2,1-2H3,(H2,10,12)(H,13,15);3-6H,8H2,1-2H3;/q2*-1;+1. The molecule has 0 saturated carbocycles. The monoisotopic (exact) mass is 557 g/mol. The molecule has 0 amide bonds. The number of nitrogens with two attached hydrogens (primary N) is 1. The molecule has 1 aliphatic heterocycles. The summed E-state index contributed by atoms with van der Waals surface area (Å²) in [5.74, 6) is 0.420. The van der Waals surface area contributed by atoms with Crippen molar-refractivity contribution in [2.75, 3.05) is 34.7 Å². The van der Waals surface area contributed by atoms with E-state index in [9.17, 15) is 0 Å². The minimum Gasteiger partial charge on any atom is -0.741 e. The second-order valence-electron chi connectivity index (χ2n) is 6.16. The van der Waals surface area contributed by atoms with Crippen LogP contribution in [-0.2, 0) is 41.6 Å². The summed E-state index contributed by atoms with van der Waals surface area (Å²) in [6, 6.07) is 11.2. The molecule has 0 aliphatic carbocycles. The molecular weight excluding hydrogens is 529 g/mol. The van der Waals surface area contributed by atoms with Gasteiger partial charge in [-0.3, -0.25) is 0 Å². The van der Waals surface area contributed by atoms with Crippen LogP contribution in [0.25, 0.3) is 5.32 Å². The zero-order valence-electron chi connectivity index (χ0n) is 15.7. The fourth-order valence-electron chi connectivity index (χ4n) is 1.95. The van der Waals surface area contributed by atoms with Crippen molar-refractivity contribution in [1.82, 2.24) is 4.90 Å². The summed E-state index contributed by atoms with van der Waals surface area (Å²) in [6.45, 7) is 1.75. The van der Waals surface area contributed by atoms with Gasteiger partial charge < -0.3 is 33.5 Å². The summed E-state index contributed by atoms with van der Waals surface area (Å²) in [5, 5.41) is 12.4. The van der Waals surface area contributed by atoms with Gasteiger partial charge in [0.1, 0.15) is 5.84 Å². The number of hydrogen-bond acceptors (Lipinski definition) is 3. The largest absolute Gasteiger partial charge is 1.00 e. The molecular formula is C18H28AuN6S-. The summed E-state index contributed by atoms with van der Waals surface area (Å²) >= 11 is 4.95. The fourth-order valence-corrected chi connectivity index (χ4v) is 2.00. The first-order chi connectivity index (χ1) is 11.9. The molecule has 0 spiro atoms. The Morgan fingerprint density at radius 1 is 1.35 bits per heavy atom. The molecule has 1 aromatic rings. The third-order valence-electron chi connectivity index (χ3n) is 3.25. The van der Waals surface area contributed by atoms with Crippen molar-refractivity contribution >= 4 is 23.6 Å². The van der Waals surface area contributed by atoms with E-state index in [0.717, 1.165) is 13.0 Å². The van der Waals surface area contributed by atoms with Crippen LogP contribution in [0.3, 0.4) is 0 Å². The Morgan fingerprint density at radius 2 is 2.08 bits per heavy atom. The quantitative estimate of drug-likeness (QED) is 0.108. The van der Waals surface area contributed by atoms with Crippen molar-refractivity contribution in [3.63, 3.8) is 0 Å². The van der Waals surface area contributed by atoms with E-state index in [1.807, 2.05) is 38.4 Å². The Bertz CT molecular complexity index is 587. The van der Waals surface area contributed by atoms with Gasteiger partial charge in [-0.15, -0.1) is 23.3 Å². The molecule has 148 valence electrons. The molecule has 1 aromatic carbocycles. The van der Waals surface area contributed by atoms with Gasteiger partial charge in [0.15, 0.2) is 0 Å². The van der Waals surface area contributed by atoms with E-state index >= 15 is 0 Å². The van der Waals surface area contributed by atoms with Gasteiger partial charge in [0.2, 0.25) is 0 Å². The molecule has 1 heterocycles. The van der Waals surface area contributed by atoms with Gasteiger partial charge in [0.25, 0.3) is 0 Å². The predicted octanol–water partition coefficient (Wildman–Crippen LogP) is 0.554. The molecule has 0 fully saturated rings. The maximum Gasteiger partial charge on any atom is 1.00 e. The average molecular weight is 557 g/mol. The molecule has 1 unspecified atom stereocenters. The van der Waals surface area contributed by atoms with Crippen LogP contribution in [0.15, 0.2) is 46.6 Å². The van der Waals surface area contributed by atoms with Gasteiger partial charge in [-0.25, -0.2) is 0 Å². The maximum absolute atomic E-state index is 5.75. The first kappa shape index (κ1) is 24.8. The first-order valence-corrected chi connectivity index (χ1v) is 8.62.